The Bertz CT molecular complexity index is 529. The van der Waals surface area contributed by atoms with Gasteiger partial charge in [0.1, 0.15) is 0 Å². The molecule has 1 aromatic heterocycles. The summed E-state index contributed by atoms with van der Waals surface area (Å²) in [7, 11) is 0. The minimum atomic E-state index is -0.192. The van der Waals surface area contributed by atoms with Gasteiger partial charge in [-0.2, -0.15) is 0 Å². The highest BCUT2D eigenvalue weighted by Crippen LogP contribution is 2.16. The summed E-state index contributed by atoms with van der Waals surface area (Å²) < 4.78 is 0. The van der Waals surface area contributed by atoms with Crippen LogP contribution in [0.2, 0.25) is 0 Å². The van der Waals surface area contributed by atoms with Crippen LogP contribution in [-0.2, 0) is 0 Å². The van der Waals surface area contributed by atoms with Gasteiger partial charge < -0.3 is 20.4 Å². The van der Waals surface area contributed by atoms with E-state index in [1.807, 2.05) is 25.1 Å². The highest BCUT2D eigenvalue weighted by atomic mass is 16.3. The summed E-state index contributed by atoms with van der Waals surface area (Å²) in [6, 6.07) is 5.92. The largest absolute Gasteiger partial charge is 0.395 e. The summed E-state index contributed by atoms with van der Waals surface area (Å²) in [6.45, 7) is 2.69. The molecule has 0 saturated heterocycles. The minimum absolute atomic E-state index is 0.119. The van der Waals surface area contributed by atoms with E-state index < -0.39 is 0 Å². The number of aromatic nitrogens is 2. The summed E-state index contributed by atoms with van der Waals surface area (Å²) in [4.78, 5) is 16.5. The third-order valence-corrected chi connectivity index (χ3v) is 2.60. The van der Waals surface area contributed by atoms with Gasteiger partial charge in [0.2, 0.25) is 0 Å². The second-order valence-electron chi connectivity index (χ2n) is 3.78. The Balaban J connectivity index is 2.27. The number of hydrogen-bond donors (Lipinski definition) is 4. The fourth-order valence-corrected chi connectivity index (χ4v) is 1.72. The quantitative estimate of drug-likeness (QED) is 0.607. The minimum Gasteiger partial charge on any atom is -0.395 e. The van der Waals surface area contributed by atoms with Crippen LogP contribution in [0.4, 0.5) is 0 Å². The van der Waals surface area contributed by atoms with Crippen LogP contribution in [0.3, 0.4) is 0 Å². The number of aromatic amines is 2. The maximum absolute atomic E-state index is 11.1. The molecule has 0 bridgehead atoms. The number of nitrogens with one attached hydrogen (secondary N) is 3. The molecule has 4 N–H and O–H groups in total. The van der Waals surface area contributed by atoms with Crippen molar-refractivity contribution in [1.29, 1.82) is 0 Å². The molecule has 1 aromatic carbocycles. The maximum Gasteiger partial charge on any atom is 0.323 e. The molecule has 5 heteroatoms. The molecule has 0 aliphatic rings. The van der Waals surface area contributed by atoms with Gasteiger partial charge in [-0.05, 0) is 24.6 Å². The Kier molecular flexibility index (Phi) is 3.07. The number of H-pyrrole nitrogens is 2. The van der Waals surface area contributed by atoms with Crippen LogP contribution in [0, 0.1) is 0 Å². The first-order chi connectivity index (χ1) is 7.70. The van der Waals surface area contributed by atoms with Crippen molar-refractivity contribution in [2.45, 2.75) is 13.0 Å². The molecule has 1 heterocycles. The van der Waals surface area contributed by atoms with Crippen molar-refractivity contribution in [2.75, 3.05) is 13.2 Å². The summed E-state index contributed by atoms with van der Waals surface area (Å²) in [6.07, 6.45) is 0. The lowest BCUT2D eigenvalue weighted by molar-refractivity contribution is 0.286. The lowest BCUT2D eigenvalue weighted by Gasteiger charge is -2.13. The standard InChI is InChI=1S/C11H15N3O2/c1-7(12-4-5-15)8-2-3-9-10(6-8)14-11(16)13-9/h2-3,6-7,12,15H,4-5H2,1H3,(H2,13,14,16). The van der Waals surface area contributed by atoms with E-state index in [1.54, 1.807) is 0 Å². The lowest BCUT2D eigenvalue weighted by Crippen LogP contribution is -2.21. The van der Waals surface area contributed by atoms with E-state index in [1.165, 1.54) is 0 Å². The molecule has 1 atom stereocenters. The van der Waals surface area contributed by atoms with E-state index in [9.17, 15) is 4.79 Å². The first-order valence-electron chi connectivity index (χ1n) is 5.27. The number of imidazole rings is 1. The van der Waals surface area contributed by atoms with Crippen molar-refractivity contribution in [3.05, 3.63) is 34.2 Å². The van der Waals surface area contributed by atoms with Gasteiger partial charge in [0.15, 0.2) is 0 Å². The molecule has 0 aliphatic carbocycles. The Hall–Kier alpha value is -1.59. The third kappa shape index (κ3) is 2.15. The van der Waals surface area contributed by atoms with Crippen molar-refractivity contribution >= 4 is 11.0 Å². The molecular weight excluding hydrogens is 206 g/mol. The molecule has 0 amide bonds. The second-order valence-corrected chi connectivity index (χ2v) is 3.78. The number of fused-ring (bicyclic) bond motifs is 1. The smallest absolute Gasteiger partial charge is 0.323 e. The van der Waals surface area contributed by atoms with Crippen molar-refractivity contribution in [1.82, 2.24) is 15.3 Å². The molecule has 0 spiro atoms. The zero-order valence-electron chi connectivity index (χ0n) is 9.08. The van der Waals surface area contributed by atoms with Crippen molar-refractivity contribution in [3.8, 4) is 0 Å². The number of benzene rings is 1. The molecule has 0 saturated carbocycles. The predicted molar refractivity (Wildman–Crippen MR) is 62.4 cm³/mol. The topological polar surface area (TPSA) is 80.9 Å². The van der Waals surface area contributed by atoms with Crippen LogP contribution in [0.5, 0.6) is 0 Å². The van der Waals surface area contributed by atoms with E-state index in [4.69, 9.17) is 5.11 Å². The summed E-state index contributed by atoms with van der Waals surface area (Å²) in [5, 5.41) is 11.9. The Labute approximate surface area is 92.5 Å². The van der Waals surface area contributed by atoms with Crippen LogP contribution in [-0.4, -0.2) is 28.2 Å². The number of rotatable bonds is 4. The number of aliphatic hydroxyl groups is 1. The van der Waals surface area contributed by atoms with Gasteiger partial charge in [0.05, 0.1) is 17.6 Å². The fraction of sp³-hybridized carbons (Fsp3) is 0.364. The Morgan fingerprint density at radius 3 is 2.88 bits per heavy atom. The highest BCUT2D eigenvalue weighted by molar-refractivity contribution is 5.75. The maximum atomic E-state index is 11.1. The van der Waals surface area contributed by atoms with E-state index in [0.717, 1.165) is 16.6 Å². The van der Waals surface area contributed by atoms with Gasteiger partial charge in [-0.15, -0.1) is 0 Å². The zero-order valence-corrected chi connectivity index (χ0v) is 9.08. The van der Waals surface area contributed by atoms with Gasteiger partial charge in [-0.1, -0.05) is 6.07 Å². The fourth-order valence-electron chi connectivity index (χ4n) is 1.72. The summed E-state index contributed by atoms with van der Waals surface area (Å²) in [5.41, 5.74) is 2.50. The molecule has 0 fully saturated rings. The van der Waals surface area contributed by atoms with Crippen molar-refractivity contribution in [3.63, 3.8) is 0 Å². The SMILES string of the molecule is CC(NCCO)c1ccc2[nH]c(=O)[nH]c2c1. The van der Waals surface area contributed by atoms with Crippen molar-refractivity contribution in [2.24, 2.45) is 0 Å². The van der Waals surface area contributed by atoms with E-state index >= 15 is 0 Å². The molecule has 2 rings (SSSR count). The van der Waals surface area contributed by atoms with Gasteiger partial charge in [0, 0.05) is 12.6 Å². The average molecular weight is 221 g/mol. The number of aliphatic hydroxyl groups excluding tert-OH is 1. The molecule has 86 valence electrons. The third-order valence-electron chi connectivity index (χ3n) is 2.60. The molecule has 2 aromatic rings. The first-order valence-corrected chi connectivity index (χ1v) is 5.27. The van der Waals surface area contributed by atoms with E-state index in [0.29, 0.717) is 6.54 Å². The lowest BCUT2D eigenvalue weighted by atomic mass is 10.1. The average Bonchev–Trinajstić information content (AvgIpc) is 2.64. The predicted octanol–water partition coefficient (Wildman–Crippen LogP) is 0.499. The molecule has 1 unspecified atom stereocenters. The van der Waals surface area contributed by atoms with E-state index in [-0.39, 0.29) is 18.3 Å². The molecule has 16 heavy (non-hydrogen) atoms. The van der Waals surface area contributed by atoms with Crippen LogP contribution in [0.15, 0.2) is 23.0 Å². The van der Waals surface area contributed by atoms with Crippen molar-refractivity contribution < 1.29 is 5.11 Å². The van der Waals surface area contributed by atoms with Gasteiger partial charge >= 0.3 is 5.69 Å². The van der Waals surface area contributed by atoms with Crippen LogP contribution < -0.4 is 11.0 Å². The summed E-state index contributed by atoms with van der Waals surface area (Å²) in [5.74, 6) is 0. The van der Waals surface area contributed by atoms with Gasteiger partial charge in [0.25, 0.3) is 0 Å². The number of hydrogen-bond acceptors (Lipinski definition) is 3. The van der Waals surface area contributed by atoms with Crippen LogP contribution in [0.25, 0.3) is 11.0 Å². The molecule has 0 aliphatic heterocycles. The molecule has 0 radical (unpaired) electrons. The van der Waals surface area contributed by atoms with Crippen LogP contribution in [0.1, 0.15) is 18.5 Å². The first kappa shape index (κ1) is 10.9. The summed E-state index contributed by atoms with van der Waals surface area (Å²) >= 11 is 0. The van der Waals surface area contributed by atoms with Crippen LogP contribution >= 0.6 is 0 Å². The Morgan fingerprint density at radius 2 is 2.12 bits per heavy atom. The van der Waals surface area contributed by atoms with Gasteiger partial charge in [-0.25, -0.2) is 4.79 Å². The molecular formula is C11H15N3O2. The second kappa shape index (κ2) is 4.51. The zero-order chi connectivity index (χ0) is 11.5. The Morgan fingerprint density at radius 1 is 1.38 bits per heavy atom. The molecule has 5 nitrogen and oxygen atoms in total. The highest BCUT2D eigenvalue weighted by Gasteiger charge is 2.06. The normalized spacial score (nSPS) is 13.1. The monoisotopic (exact) mass is 221 g/mol. The van der Waals surface area contributed by atoms with Gasteiger partial charge in [-0.3, -0.25) is 0 Å². The van der Waals surface area contributed by atoms with E-state index in [2.05, 4.69) is 15.3 Å².